The number of thioether (sulfide) groups is 1. The molecule has 9 heteroatoms. The van der Waals surface area contributed by atoms with Crippen LogP contribution in [0.5, 0.6) is 0 Å². The Morgan fingerprint density at radius 2 is 1.52 bits per heavy atom. The van der Waals surface area contributed by atoms with Crippen LogP contribution in [-0.4, -0.2) is 47.6 Å². The minimum atomic E-state index is -0.938. The molecule has 0 aliphatic rings. The summed E-state index contributed by atoms with van der Waals surface area (Å²) in [4.78, 5) is 46.2. The van der Waals surface area contributed by atoms with Gasteiger partial charge < -0.3 is 15.4 Å². The van der Waals surface area contributed by atoms with Crippen molar-refractivity contribution in [1.29, 1.82) is 0 Å². The molecule has 0 aromatic heterocycles. The van der Waals surface area contributed by atoms with Gasteiger partial charge in [-0.15, -0.1) is 0 Å². The van der Waals surface area contributed by atoms with E-state index < -0.39 is 29.8 Å². The molecule has 0 rings (SSSR count). The second-order valence-electron chi connectivity index (χ2n) is 8.27. The van der Waals surface area contributed by atoms with Crippen molar-refractivity contribution in [3.63, 3.8) is 0 Å². The highest BCUT2D eigenvalue weighted by molar-refractivity contribution is 7.99. The number of nitrogens with two attached hydrogens (primary N) is 1. The largest absolute Gasteiger partial charge is 0.346 e. The summed E-state index contributed by atoms with van der Waals surface area (Å²) >= 11 is 1.50. The summed E-state index contributed by atoms with van der Waals surface area (Å²) in [5, 5.41) is 4.94. The first-order valence-corrected chi connectivity index (χ1v) is 12.3. The van der Waals surface area contributed by atoms with Gasteiger partial charge in [0, 0.05) is 18.4 Å². The van der Waals surface area contributed by atoms with Gasteiger partial charge in [0.15, 0.2) is 0 Å². The second kappa shape index (κ2) is 18.1. The lowest BCUT2D eigenvalue weighted by molar-refractivity contribution is -0.130. The molecule has 3 amide bonds. The fraction of sp³-hybridized carbons (Fsp3) is 0.583. The first-order valence-electron chi connectivity index (χ1n) is 11.1. The number of carbonyl (C=O) groups is 4. The summed E-state index contributed by atoms with van der Waals surface area (Å²) in [6.07, 6.45) is 11.0. The molecule has 0 aliphatic heterocycles. The highest BCUT2D eigenvalue weighted by Crippen LogP contribution is 2.13. The molecular formula is C24H40N4O4S. The number of rotatable bonds is 16. The van der Waals surface area contributed by atoms with Gasteiger partial charge in [-0.25, -0.2) is 5.84 Å². The Morgan fingerprint density at radius 1 is 0.909 bits per heavy atom. The molecule has 0 spiro atoms. The number of hydrogen-bond donors (Lipinski definition) is 4. The lowest BCUT2D eigenvalue weighted by atomic mass is 10.1. The number of aldehydes is 1. The van der Waals surface area contributed by atoms with Crippen molar-refractivity contribution in [1.82, 2.24) is 16.1 Å². The SMILES string of the molecule is CC(=O)N[C@H](C=O)CC(=O)N[C@@H](CSC/C=C(\C)CC/C=C(\C)CCC=C(C)C)C(=O)NN. The molecule has 0 bridgehead atoms. The predicted molar refractivity (Wildman–Crippen MR) is 135 cm³/mol. The molecule has 33 heavy (non-hydrogen) atoms. The maximum atomic E-state index is 12.2. The first-order chi connectivity index (χ1) is 15.6. The van der Waals surface area contributed by atoms with E-state index in [1.807, 2.05) is 5.43 Å². The highest BCUT2D eigenvalue weighted by Gasteiger charge is 2.22. The van der Waals surface area contributed by atoms with Crippen molar-refractivity contribution in [2.45, 2.75) is 78.8 Å². The third kappa shape index (κ3) is 16.8. The molecule has 0 aliphatic carbocycles. The number of hydrazine groups is 1. The molecule has 2 atom stereocenters. The topological polar surface area (TPSA) is 130 Å². The molecule has 0 saturated carbocycles. The summed E-state index contributed by atoms with van der Waals surface area (Å²) in [6, 6.07) is -1.77. The molecule has 0 radical (unpaired) electrons. The van der Waals surface area contributed by atoms with Gasteiger partial charge in [-0.2, -0.15) is 11.8 Å². The van der Waals surface area contributed by atoms with Crippen LogP contribution in [0.3, 0.4) is 0 Å². The van der Waals surface area contributed by atoms with E-state index in [9.17, 15) is 19.2 Å². The quantitative estimate of drug-likeness (QED) is 0.0671. The summed E-state index contributed by atoms with van der Waals surface area (Å²) in [5.74, 6) is 4.79. The Kier molecular flexibility index (Phi) is 16.8. The first kappa shape index (κ1) is 30.6. The molecule has 0 heterocycles. The maximum absolute atomic E-state index is 12.2. The van der Waals surface area contributed by atoms with Crippen LogP contribution in [0.4, 0.5) is 0 Å². The van der Waals surface area contributed by atoms with Gasteiger partial charge in [0.1, 0.15) is 12.3 Å². The Hall–Kier alpha value is -2.39. The van der Waals surface area contributed by atoms with E-state index in [2.05, 4.69) is 56.6 Å². The molecule has 5 N–H and O–H groups in total. The smallest absolute Gasteiger partial charge is 0.257 e. The normalized spacial score (nSPS) is 13.5. The number of amides is 3. The molecular weight excluding hydrogens is 440 g/mol. The van der Waals surface area contributed by atoms with E-state index in [1.165, 1.54) is 35.4 Å². The van der Waals surface area contributed by atoms with Crippen molar-refractivity contribution in [3.8, 4) is 0 Å². The van der Waals surface area contributed by atoms with Crippen LogP contribution in [0.25, 0.3) is 0 Å². The molecule has 0 unspecified atom stereocenters. The van der Waals surface area contributed by atoms with Crippen LogP contribution in [0.1, 0.15) is 66.7 Å². The fourth-order valence-electron chi connectivity index (χ4n) is 2.86. The lowest BCUT2D eigenvalue weighted by Gasteiger charge is -2.18. The van der Waals surface area contributed by atoms with E-state index in [0.717, 1.165) is 25.7 Å². The Bertz CT molecular complexity index is 743. The van der Waals surface area contributed by atoms with Crippen molar-refractivity contribution in [2.75, 3.05) is 11.5 Å². The summed E-state index contributed by atoms with van der Waals surface area (Å²) in [7, 11) is 0. The molecule has 0 aromatic rings. The zero-order valence-corrected chi connectivity index (χ0v) is 21.3. The van der Waals surface area contributed by atoms with Gasteiger partial charge in [-0.3, -0.25) is 19.8 Å². The molecule has 0 saturated heterocycles. The molecule has 0 aromatic carbocycles. The van der Waals surface area contributed by atoms with Gasteiger partial charge in [0.05, 0.1) is 12.5 Å². The second-order valence-corrected chi connectivity index (χ2v) is 9.35. The number of carbonyl (C=O) groups excluding carboxylic acids is 4. The average molecular weight is 481 g/mol. The summed E-state index contributed by atoms with van der Waals surface area (Å²) in [5.41, 5.74) is 6.06. The third-order valence-corrected chi connectivity index (χ3v) is 5.68. The Labute approximate surface area is 202 Å². The van der Waals surface area contributed by atoms with Gasteiger partial charge in [0.2, 0.25) is 11.8 Å². The summed E-state index contributed by atoms with van der Waals surface area (Å²) in [6.45, 7) is 9.73. The van der Waals surface area contributed by atoms with E-state index >= 15 is 0 Å². The predicted octanol–water partition coefficient (Wildman–Crippen LogP) is 2.71. The molecule has 8 nitrogen and oxygen atoms in total. The van der Waals surface area contributed by atoms with Gasteiger partial charge in [0.25, 0.3) is 5.91 Å². The third-order valence-electron chi connectivity index (χ3n) is 4.71. The minimum Gasteiger partial charge on any atom is -0.346 e. The van der Waals surface area contributed by atoms with E-state index in [1.54, 1.807) is 0 Å². The minimum absolute atomic E-state index is 0.248. The van der Waals surface area contributed by atoms with E-state index in [4.69, 9.17) is 5.84 Å². The fourth-order valence-corrected chi connectivity index (χ4v) is 3.87. The van der Waals surface area contributed by atoms with Crippen molar-refractivity contribution in [2.24, 2.45) is 5.84 Å². The molecule has 0 fully saturated rings. The van der Waals surface area contributed by atoms with Crippen molar-refractivity contribution >= 4 is 35.8 Å². The van der Waals surface area contributed by atoms with Crippen LogP contribution in [0, 0.1) is 0 Å². The molecule has 186 valence electrons. The maximum Gasteiger partial charge on any atom is 0.257 e. The van der Waals surface area contributed by atoms with Gasteiger partial charge >= 0.3 is 0 Å². The van der Waals surface area contributed by atoms with E-state index in [-0.39, 0.29) is 6.42 Å². The van der Waals surface area contributed by atoms with Crippen molar-refractivity contribution in [3.05, 3.63) is 34.9 Å². The highest BCUT2D eigenvalue weighted by atomic mass is 32.2. The van der Waals surface area contributed by atoms with Gasteiger partial charge in [-0.1, -0.05) is 34.9 Å². The van der Waals surface area contributed by atoms with Gasteiger partial charge in [-0.05, 0) is 53.4 Å². The number of hydrogen-bond acceptors (Lipinski definition) is 6. The number of allylic oxidation sites excluding steroid dienone is 5. The lowest BCUT2D eigenvalue weighted by Crippen LogP contribution is -2.51. The summed E-state index contributed by atoms with van der Waals surface area (Å²) < 4.78 is 0. The van der Waals surface area contributed by atoms with Crippen LogP contribution in [-0.2, 0) is 19.2 Å². The zero-order chi connectivity index (χ0) is 25.2. The van der Waals surface area contributed by atoms with Crippen molar-refractivity contribution < 1.29 is 19.2 Å². The standard InChI is InChI=1S/C24H40N4O4S/c1-17(2)8-6-9-18(3)10-7-11-19(4)12-13-33-16-22(24(32)28-25)27-23(31)14-21(15-29)26-20(5)30/h8,10,12,15,21-22H,6-7,9,11,13-14,16,25H2,1-5H3,(H,26,30)(H,27,31)(H,28,32)/b18-10+,19-12+/t21-,22-/m0/s1. The van der Waals surface area contributed by atoms with Crippen LogP contribution in [0.2, 0.25) is 0 Å². The monoisotopic (exact) mass is 480 g/mol. The Balaban J connectivity index is 4.50. The van der Waals surface area contributed by atoms with Crippen LogP contribution in [0.15, 0.2) is 34.9 Å². The van der Waals surface area contributed by atoms with Crippen LogP contribution < -0.4 is 21.9 Å². The Morgan fingerprint density at radius 3 is 2.06 bits per heavy atom. The van der Waals surface area contributed by atoms with E-state index in [0.29, 0.717) is 17.8 Å². The number of nitrogens with one attached hydrogen (secondary N) is 3. The average Bonchev–Trinajstić information content (AvgIpc) is 2.74. The van der Waals surface area contributed by atoms with Crippen LogP contribution >= 0.6 is 11.8 Å². The zero-order valence-electron chi connectivity index (χ0n) is 20.5.